The van der Waals surface area contributed by atoms with Gasteiger partial charge in [0.1, 0.15) is 12.4 Å². The number of ether oxygens (including phenoxy) is 3. The Bertz CT molecular complexity index is 516. The van der Waals surface area contributed by atoms with E-state index >= 15 is 0 Å². The van der Waals surface area contributed by atoms with Gasteiger partial charge in [0.15, 0.2) is 0 Å². The number of hydrogen-bond donors (Lipinski definition) is 1. The first-order valence-corrected chi connectivity index (χ1v) is 7.03. The molecule has 0 aromatic heterocycles. The van der Waals surface area contributed by atoms with Crippen LogP contribution in [0.15, 0.2) is 54.6 Å². The molecule has 0 saturated heterocycles. The van der Waals surface area contributed by atoms with Crippen LogP contribution < -0.4 is 10.5 Å². The van der Waals surface area contributed by atoms with Crippen molar-refractivity contribution in [3.05, 3.63) is 60.2 Å². The first-order chi connectivity index (χ1) is 10.4. The molecule has 0 saturated carbocycles. The number of nitrogen functional groups attached to an aromatic ring is 1. The van der Waals surface area contributed by atoms with Gasteiger partial charge in [-0.2, -0.15) is 0 Å². The lowest BCUT2D eigenvalue weighted by Gasteiger charge is -2.09. The second kappa shape index (κ2) is 9.00. The van der Waals surface area contributed by atoms with E-state index in [2.05, 4.69) is 0 Å². The molecule has 0 unspecified atom stereocenters. The third kappa shape index (κ3) is 5.85. The fraction of sp³-hybridized carbons (Fsp3) is 0.294. The maximum atomic E-state index is 5.77. The zero-order valence-corrected chi connectivity index (χ0v) is 12.0. The fourth-order valence-corrected chi connectivity index (χ4v) is 1.81. The number of rotatable bonds is 9. The summed E-state index contributed by atoms with van der Waals surface area (Å²) in [4.78, 5) is 0. The van der Waals surface area contributed by atoms with Crippen molar-refractivity contribution in [3.63, 3.8) is 0 Å². The van der Waals surface area contributed by atoms with Crippen LogP contribution in [0.5, 0.6) is 5.75 Å². The molecule has 0 fully saturated rings. The van der Waals surface area contributed by atoms with Gasteiger partial charge in [0.05, 0.1) is 32.1 Å². The molecule has 0 amide bonds. The van der Waals surface area contributed by atoms with Crippen molar-refractivity contribution >= 4 is 5.69 Å². The number of anilines is 1. The lowest BCUT2D eigenvalue weighted by molar-refractivity contribution is 0.0304. The molecule has 0 bridgehead atoms. The molecule has 21 heavy (non-hydrogen) atoms. The van der Waals surface area contributed by atoms with Gasteiger partial charge in [0.25, 0.3) is 0 Å². The zero-order valence-electron chi connectivity index (χ0n) is 12.0. The molecule has 2 aromatic carbocycles. The second-order valence-corrected chi connectivity index (χ2v) is 4.54. The maximum absolute atomic E-state index is 5.77. The van der Waals surface area contributed by atoms with Crippen LogP contribution in [0.25, 0.3) is 0 Å². The smallest absolute Gasteiger partial charge is 0.142 e. The Morgan fingerprint density at radius 1 is 0.714 bits per heavy atom. The molecule has 2 N–H and O–H groups in total. The summed E-state index contributed by atoms with van der Waals surface area (Å²) in [6, 6.07) is 17.5. The van der Waals surface area contributed by atoms with Gasteiger partial charge in [0.2, 0.25) is 0 Å². The van der Waals surface area contributed by atoms with Gasteiger partial charge >= 0.3 is 0 Å². The summed E-state index contributed by atoms with van der Waals surface area (Å²) < 4.78 is 16.5. The van der Waals surface area contributed by atoms with Crippen LogP contribution in [0.2, 0.25) is 0 Å². The third-order valence-electron chi connectivity index (χ3n) is 2.89. The van der Waals surface area contributed by atoms with E-state index in [1.165, 1.54) is 5.56 Å². The van der Waals surface area contributed by atoms with E-state index in [0.29, 0.717) is 44.5 Å². The molecular formula is C17H21NO3. The first-order valence-electron chi connectivity index (χ1n) is 7.03. The summed E-state index contributed by atoms with van der Waals surface area (Å²) in [6.45, 7) is 2.74. The molecule has 2 rings (SSSR count). The normalized spacial score (nSPS) is 10.5. The summed E-state index contributed by atoms with van der Waals surface area (Å²) in [6.07, 6.45) is 0. The zero-order chi connectivity index (χ0) is 14.8. The topological polar surface area (TPSA) is 53.7 Å². The predicted molar refractivity (Wildman–Crippen MR) is 83.3 cm³/mol. The van der Waals surface area contributed by atoms with E-state index in [1.807, 2.05) is 54.6 Å². The van der Waals surface area contributed by atoms with Crippen molar-refractivity contribution in [1.82, 2.24) is 0 Å². The minimum Gasteiger partial charge on any atom is -0.489 e. The van der Waals surface area contributed by atoms with Gasteiger partial charge in [0, 0.05) is 0 Å². The van der Waals surface area contributed by atoms with Crippen LogP contribution in [-0.4, -0.2) is 26.4 Å². The standard InChI is InChI=1S/C17H21NO3/c18-16-8-4-5-9-17(16)21-13-12-19-10-11-20-14-15-6-2-1-3-7-15/h1-9H,10-14,18H2. The minimum atomic E-state index is 0.479. The number of benzene rings is 2. The molecule has 0 aliphatic carbocycles. The van der Waals surface area contributed by atoms with E-state index in [1.54, 1.807) is 0 Å². The lowest BCUT2D eigenvalue weighted by atomic mass is 10.2. The van der Waals surface area contributed by atoms with Crippen molar-refractivity contribution in [1.29, 1.82) is 0 Å². The fourth-order valence-electron chi connectivity index (χ4n) is 1.81. The third-order valence-corrected chi connectivity index (χ3v) is 2.89. The summed E-state index contributed by atoms with van der Waals surface area (Å²) in [5.41, 5.74) is 7.58. The Labute approximate surface area is 125 Å². The Morgan fingerprint density at radius 3 is 2.19 bits per heavy atom. The van der Waals surface area contributed by atoms with Crippen LogP contribution in [-0.2, 0) is 16.1 Å². The average molecular weight is 287 g/mol. The Hall–Kier alpha value is -2.04. The van der Waals surface area contributed by atoms with E-state index < -0.39 is 0 Å². The van der Waals surface area contributed by atoms with Crippen LogP contribution in [0.3, 0.4) is 0 Å². The highest BCUT2D eigenvalue weighted by atomic mass is 16.5. The van der Waals surface area contributed by atoms with Crippen molar-refractivity contribution in [3.8, 4) is 5.75 Å². The van der Waals surface area contributed by atoms with Crippen LogP contribution in [0.4, 0.5) is 5.69 Å². The minimum absolute atomic E-state index is 0.479. The van der Waals surface area contributed by atoms with Crippen molar-refractivity contribution in [2.45, 2.75) is 6.61 Å². The van der Waals surface area contributed by atoms with E-state index in [4.69, 9.17) is 19.9 Å². The van der Waals surface area contributed by atoms with Gasteiger partial charge < -0.3 is 19.9 Å². The Balaban J connectivity index is 1.48. The van der Waals surface area contributed by atoms with Crippen molar-refractivity contribution in [2.24, 2.45) is 0 Å². The molecule has 0 atom stereocenters. The SMILES string of the molecule is Nc1ccccc1OCCOCCOCc1ccccc1. The number of nitrogens with two attached hydrogens (primary N) is 1. The number of hydrogen-bond acceptors (Lipinski definition) is 4. The highest BCUT2D eigenvalue weighted by Gasteiger charge is 1.98. The molecule has 0 aliphatic heterocycles. The quantitative estimate of drug-likeness (QED) is 0.569. The van der Waals surface area contributed by atoms with Crippen LogP contribution in [0.1, 0.15) is 5.56 Å². The molecule has 4 nitrogen and oxygen atoms in total. The van der Waals surface area contributed by atoms with Crippen molar-refractivity contribution < 1.29 is 14.2 Å². The Morgan fingerprint density at radius 2 is 1.38 bits per heavy atom. The number of para-hydroxylation sites is 2. The summed E-state index contributed by atoms with van der Waals surface area (Å²) in [5.74, 6) is 0.696. The second-order valence-electron chi connectivity index (χ2n) is 4.54. The van der Waals surface area contributed by atoms with Gasteiger partial charge in [-0.3, -0.25) is 0 Å². The molecule has 0 radical (unpaired) electrons. The van der Waals surface area contributed by atoms with Gasteiger partial charge in [-0.05, 0) is 17.7 Å². The molecule has 4 heteroatoms. The predicted octanol–water partition coefficient (Wildman–Crippen LogP) is 2.88. The summed E-state index contributed by atoms with van der Waals surface area (Å²) >= 11 is 0. The van der Waals surface area contributed by atoms with Crippen molar-refractivity contribution in [2.75, 3.05) is 32.2 Å². The summed E-state index contributed by atoms with van der Waals surface area (Å²) in [5, 5.41) is 0. The molecule has 0 spiro atoms. The highest BCUT2D eigenvalue weighted by molar-refractivity contribution is 5.51. The molecule has 0 heterocycles. The Kier molecular flexibility index (Phi) is 6.58. The van der Waals surface area contributed by atoms with E-state index in [0.717, 1.165) is 0 Å². The van der Waals surface area contributed by atoms with E-state index in [9.17, 15) is 0 Å². The van der Waals surface area contributed by atoms with Crippen LogP contribution >= 0.6 is 0 Å². The monoisotopic (exact) mass is 287 g/mol. The van der Waals surface area contributed by atoms with Crippen LogP contribution in [0, 0.1) is 0 Å². The van der Waals surface area contributed by atoms with Gasteiger partial charge in [-0.1, -0.05) is 42.5 Å². The summed E-state index contributed by atoms with van der Waals surface area (Å²) in [7, 11) is 0. The maximum Gasteiger partial charge on any atom is 0.142 e. The average Bonchev–Trinajstić information content (AvgIpc) is 2.52. The highest BCUT2D eigenvalue weighted by Crippen LogP contribution is 2.19. The molecule has 0 aliphatic rings. The van der Waals surface area contributed by atoms with Gasteiger partial charge in [-0.15, -0.1) is 0 Å². The van der Waals surface area contributed by atoms with Gasteiger partial charge in [-0.25, -0.2) is 0 Å². The molecular weight excluding hydrogens is 266 g/mol. The largest absolute Gasteiger partial charge is 0.489 e. The lowest BCUT2D eigenvalue weighted by Crippen LogP contribution is -2.11. The van der Waals surface area contributed by atoms with E-state index in [-0.39, 0.29) is 0 Å². The first kappa shape index (κ1) is 15.4. The molecule has 112 valence electrons. The molecule has 2 aromatic rings.